The standard InChI is InChI=1S/C15H16Cl2N2O/c16-12-5-3-11(4-6-12)14(7-9-20)19-10-15-13(17)2-1-8-18-15/h1-6,8,14,19-20H,7,9-10H2. The van der Waals surface area contributed by atoms with Gasteiger partial charge in [0.05, 0.1) is 10.7 Å². The maximum Gasteiger partial charge on any atom is 0.0727 e. The van der Waals surface area contributed by atoms with Gasteiger partial charge < -0.3 is 10.4 Å². The van der Waals surface area contributed by atoms with Crippen molar-refractivity contribution in [3.63, 3.8) is 0 Å². The second-order valence-electron chi connectivity index (χ2n) is 4.43. The summed E-state index contributed by atoms with van der Waals surface area (Å²) < 4.78 is 0. The van der Waals surface area contributed by atoms with Crippen molar-refractivity contribution in [1.29, 1.82) is 0 Å². The Bertz CT molecular complexity index is 546. The fourth-order valence-corrected chi connectivity index (χ4v) is 2.29. The van der Waals surface area contributed by atoms with Crippen molar-refractivity contribution in [3.05, 3.63) is 63.9 Å². The molecule has 2 rings (SSSR count). The molecule has 0 aliphatic carbocycles. The van der Waals surface area contributed by atoms with Gasteiger partial charge in [0.1, 0.15) is 0 Å². The molecule has 0 aliphatic rings. The molecule has 1 heterocycles. The number of aliphatic hydroxyl groups is 1. The average molecular weight is 311 g/mol. The molecule has 0 saturated heterocycles. The number of halogens is 2. The van der Waals surface area contributed by atoms with Gasteiger partial charge in [-0.1, -0.05) is 35.3 Å². The zero-order chi connectivity index (χ0) is 14.4. The zero-order valence-electron chi connectivity index (χ0n) is 10.9. The number of nitrogens with zero attached hydrogens (tertiary/aromatic N) is 1. The Morgan fingerprint density at radius 1 is 1.15 bits per heavy atom. The van der Waals surface area contributed by atoms with E-state index in [1.54, 1.807) is 12.3 Å². The smallest absolute Gasteiger partial charge is 0.0727 e. The first-order valence-corrected chi connectivity index (χ1v) is 7.15. The Labute approximate surface area is 128 Å². The number of aromatic nitrogens is 1. The van der Waals surface area contributed by atoms with Crippen LogP contribution in [0.1, 0.15) is 23.7 Å². The molecule has 0 saturated carbocycles. The van der Waals surface area contributed by atoms with Crippen molar-refractivity contribution >= 4 is 23.2 Å². The molecule has 1 aromatic carbocycles. The highest BCUT2D eigenvalue weighted by Crippen LogP contribution is 2.20. The summed E-state index contributed by atoms with van der Waals surface area (Å²) in [5, 5.41) is 13.9. The first kappa shape index (κ1) is 15.3. The third-order valence-corrected chi connectivity index (χ3v) is 3.64. The molecule has 0 spiro atoms. The maximum absolute atomic E-state index is 9.20. The molecule has 1 atom stereocenters. The topological polar surface area (TPSA) is 45.1 Å². The molecular weight excluding hydrogens is 295 g/mol. The van der Waals surface area contributed by atoms with Crippen molar-refractivity contribution in [2.75, 3.05) is 6.61 Å². The van der Waals surface area contributed by atoms with E-state index < -0.39 is 0 Å². The van der Waals surface area contributed by atoms with Gasteiger partial charge in [-0.05, 0) is 36.2 Å². The van der Waals surface area contributed by atoms with Crippen molar-refractivity contribution in [3.8, 4) is 0 Å². The molecule has 0 fully saturated rings. The van der Waals surface area contributed by atoms with E-state index in [4.69, 9.17) is 23.2 Å². The second kappa shape index (κ2) is 7.60. The minimum absolute atomic E-state index is 0.0374. The second-order valence-corrected chi connectivity index (χ2v) is 5.27. The number of aliphatic hydroxyl groups excluding tert-OH is 1. The lowest BCUT2D eigenvalue weighted by Crippen LogP contribution is -2.22. The van der Waals surface area contributed by atoms with Gasteiger partial charge in [-0.2, -0.15) is 0 Å². The number of pyridine rings is 1. The first-order chi connectivity index (χ1) is 9.70. The Morgan fingerprint density at radius 2 is 1.90 bits per heavy atom. The van der Waals surface area contributed by atoms with Crippen molar-refractivity contribution < 1.29 is 5.11 Å². The maximum atomic E-state index is 9.20. The fraction of sp³-hybridized carbons (Fsp3) is 0.267. The van der Waals surface area contributed by atoms with Crippen LogP contribution in [-0.2, 0) is 6.54 Å². The van der Waals surface area contributed by atoms with Crippen LogP contribution in [0, 0.1) is 0 Å². The summed E-state index contributed by atoms with van der Waals surface area (Å²) >= 11 is 12.0. The van der Waals surface area contributed by atoms with E-state index in [1.807, 2.05) is 30.3 Å². The van der Waals surface area contributed by atoms with E-state index in [1.165, 1.54) is 0 Å². The Kier molecular flexibility index (Phi) is 5.80. The van der Waals surface area contributed by atoms with Crippen LogP contribution in [0.4, 0.5) is 0 Å². The van der Waals surface area contributed by atoms with E-state index >= 15 is 0 Å². The minimum atomic E-state index is 0.0374. The van der Waals surface area contributed by atoms with Gasteiger partial charge in [-0.15, -0.1) is 0 Å². The molecular formula is C15H16Cl2N2O. The number of nitrogens with one attached hydrogen (secondary N) is 1. The highest BCUT2D eigenvalue weighted by atomic mass is 35.5. The summed E-state index contributed by atoms with van der Waals surface area (Å²) in [6, 6.07) is 11.2. The fourth-order valence-electron chi connectivity index (χ4n) is 1.98. The van der Waals surface area contributed by atoms with E-state index in [9.17, 15) is 5.11 Å². The van der Waals surface area contributed by atoms with Gasteiger partial charge in [0.2, 0.25) is 0 Å². The lowest BCUT2D eigenvalue weighted by atomic mass is 10.0. The Morgan fingerprint density at radius 3 is 2.55 bits per heavy atom. The van der Waals surface area contributed by atoms with Gasteiger partial charge in [0.15, 0.2) is 0 Å². The lowest BCUT2D eigenvalue weighted by molar-refractivity contribution is 0.265. The summed E-state index contributed by atoms with van der Waals surface area (Å²) in [7, 11) is 0. The molecule has 106 valence electrons. The highest BCUT2D eigenvalue weighted by Gasteiger charge is 2.11. The quantitative estimate of drug-likeness (QED) is 0.857. The minimum Gasteiger partial charge on any atom is -0.396 e. The van der Waals surface area contributed by atoms with Crippen LogP contribution >= 0.6 is 23.2 Å². The van der Waals surface area contributed by atoms with Crippen molar-refractivity contribution in [1.82, 2.24) is 10.3 Å². The van der Waals surface area contributed by atoms with Crippen LogP contribution in [0.3, 0.4) is 0 Å². The molecule has 0 radical (unpaired) electrons. The number of hydrogen-bond acceptors (Lipinski definition) is 3. The molecule has 2 aromatic rings. The average Bonchev–Trinajstić information content (AvgIpc) is 2.46. The van der Waals surface area contributed by atoms with Gasteiger partial charge in [-0.25, -0.2) is 0 Å². The molecule has 5 heteroatoms. The number of benzene rings is 1. The van der Waals surface area contributed by atoms with E-state index in [2.05, 4.69) is 10.3 Å². The molecule has 0 bridgehead atoms. The molecule has 2 N–H and O–H groups in total. The zero-order valence-corrected chi connectivity index (χ0v) is 12.4. The van der Waals surface area contributed by atoms with Crippen LogP contribution < -0.4 is 5.32 Å². The van der Waals surface area contributed by atoms with Gasteiger partial charge in [0.25, 0.3) is 0 Å². The highest BCUT2D eigenvalue weighted by molar-refractivity contribution is 6.31. The summed E-state index contributed by atoms with van der Waals surface area (Å²) in [5.74, 6) is 0. The monoisotopic (exact) mass is 310 g/mol. The van der Waals surface area contributed by atoms with Crippen molar-refractivity contribution in [2.45, 2.75) is 19.0 Å². The number of rotatable bonds is 6. The summed E-state index contributed by atoms with van der Waals surface area (Å²) in [4.78, 5) is 4.24. The predicted molar refractivity (Wildman–Crippen MR) is 82.0 cm³/mol. The molecule has 0 aliphatic heterocycles. The normalized spacial score (nSPS) is 12.3. The summed E-state index contributed by atoms with van der Waals surface area (Å²) in [6.45, 7) is 0.656. The van der Waals surface area contributed by atoms with Crippen LogP contribution in [0.15, 0.2) is 42.6 Å². The Hall–Kier alpha value is -1.13. The molecule has 1 aromatic heterocycles. The van der Waals surface area contributed by atoms with Gasteiger partial charge >= 0.3 is 0 Å². The van der Waals surface area contributed by atoms with Crippen LogP contribution in [0.5, 0.6) is 0 Å². The summed E-state index contributed by atoms with van der Waals surface area (Å²) in [6.07, 6.45) is 2.33. The van der Waals surface area contributed by atoms with Crippen LogP contribution in [0.2, 0.25) is 10.0 Å². The lowest BCUT2D eigenvalue weighted by Gasteiger charge is -2.18. The van der Waals surface area contributed by atoms with Gasteiger partial charge in [0, 0.05) is 30.4 Å². The number of hydrogen-bond donors (Lipinski definition) is 2. The van der Waals surface area contributed by atoms with Crippen LogP contribution in [-0.4, -0.2) is 16.7 Å². The molecule has 20 heavy (non-hydrogen) atoms. The molecule has 1 unspecified atom stereocenters. The van der Waals surface area contributed by atoms with Crippen LogP contribution in [0.25, 0.3) is 0 Å². The van der Waals surface area contributed by atoms with Gasteiger partial charge in [-0.3, -0.25) is 4.98 Å². The largest absolute Gasteiger partial charge is 0.396 e. The van der Waals surface area contributed by atoms with E-state index in [-0.39, 0.29) is 12.6 Å². The first-order valence-electron chi connectivity index (χ1n) is 6.40. The predicted octanol–water partition coefficient (Wildman–Crippen LogP) is 3.60. The van der Waals surface area contributed by atoms with E-state index in [0.717, 1.165) is 11.3 Å². The Balaban J connectivity index is 2.06. The SMILES string of the molecule is OCCC(NCc1ncccc1Cl)c1ccc(Cl)cc1. The van der Waals surface area contributed by atoms with E-state index in [0.29, 0.717) is 23.0 Å². The summed E-state index contributed by atoms with van der Waals surface area (Å²) in [5.41, 5.74) is 1.88. The third kappa shape index (κ3) is 4.18. The third-order valence-electron chi connectivity index (χ3n) is 3.04. The molecule has 3 nitrogen and oxygen atoms in total. The molecule has 0 amide bonds. The van der Waals surface area contributed by atoms with Crippen molar-refractivity contribution in [2.24, 2.45) is 0 Å².